The fourth-order valence-corrected chi connectivity index (χ4v) is 3.78. The number of hydrogen-bond acceptors (Lipinski definition) is 5. The summed E-state index contributed by atoms with van der Waals surface area (Å²) >= 11 is 2.06. The second kappa shape index (κ2) is 8.42. The fraction of sp³-hybridized carbons (Fsp3) is 0.0500. The predicted molar refractivity (Wildman–Crippen MR) is 103 cm³/mol. The van der Waals surface area contributed by atoms with Crippen molar-refractivity contribution >= 4 is 28.9 Å². The van der Waals surface area contributed by atoms with E-state index in [-0.39, 0.29) is 16.5 Å². The molecule has 0 aliphatic heterocycles. The normalized spacial score (nSPS) is 11.5. The lowest BCUT2D eigenvalue weighted by molar-refractivity contribution is -0.138. The van der Waals surface area contributed by atoms with Gasteiger partial charge in [-0.1, -0.05) is 48.2 Å². The van der Waals surface area contributed by atoms with Gasteiger partial charge in [0.2, 0.25) is 0 Å². The van der Waals surface area contributed by atoms with E-state index in [1.807, 2.05) is 0 Å². The Balaban J connectivity index is 1.97. The average Bonchev–Trinajstić information content (AvgIpc) is 3.22. The van der Waals surface area contributed by atoms with Gasteiger partial charge in [0.15, 0.2) is 5.78 Å². The second-order valence-corrected chi connectivity index (χ2v) is 7.32. The number of thioether (sulfide) groups is 1. The second-order valence-electron chi connectivity index (χ2n) is 5.47. The summed E-state index contributed by atoms with van der Waals surface area (Å²) in [5.74, 6) is -0.294. The van der Waals surface area contributed by atoms with Crippen LogP contribution in [0.15, 0.2) is 70.4 Å². The largest absolute Gasteiger partial charge is 0.417 e. The molecule has 0 atom stereocenters. The van der Waals surface area contributed by atoms with E-state index >= 15 is 0 Å². The lowest BCUT2D eigenvalue weighted by Gasteiger charge is -2.12. The molecule has 0 bridgehead atoms. The van der Waals surface area contributed by atoms with Crippen molar-refractivity contribution in [2.24, 2.45) is 0 Å². The van der Waals surface area contributed by atoms with Crippen LogP contribution in [-0.4, -0.2) is 10.8 Å². The lowest BCUT2D eigenvalue weighted by Crippen LogP contribution is -2.10. The van der Waals surface area contributed by atoms with E-state index in [9.17, 15) is 23.2 Å². The Kier molecular flexibility index (Phi) is 5.97. The lowest BCUT2D eigenvalue weighted by atomic mass is 10.1. The van der Waals surface area contributed by atoms with Crippen LogP contribution in [0, 0.1) is 11.3 Å². The maximum Gasteiger partial charge on any atom is 0.417 e. The van der Waals surface area contributed by atoms with Crippen molar-refractivity contribution in [3.05, 3.63) is 82.1 Å². The van der Waals surface area contributed by atoms with Crippen LogP contribution >= 0.6 is 23.1 Å². The molecule has 140 valence electrons. The molecule has 0 saturated carbocycles. The summed E-state index contributed by atoms with van der Waals surface area (Å²) in [6.07, 6.45) is -3.45. The van der Waals surface area contributed by atoms with Crippen molar-refractivity contribution in [1.29, 1.82) is 5.26 Å². The first kappa shape index (κ1) is 19.9. The van der Waals surface area contributed by atoms with Gasteiger partial charge in [0.25, 0.3) is 0 Å². The molecule has 0 fully saturated rings. The highest BCUT2D eigenvalue weighted by Gasteiger charge is 2.36. The molecule has 8 heteroatoms. The Labute approximate surface area is 167 Å². The molecule has 0 N–H and O–H groups in total. The first-order valence-electron chi connectivity index (χ1n) is 7.89. The third kappa shape index (κ3) is 4.50. The van der Waals surface area contributed by atoms with Gasteiger partial charge in [-0.3, -0.25) is 4.79 Å². The number of hydrogen-bond donors (Lipinski definition) is 0. The van der Waals surface area contributed by atoms with E-state index in [1.165, 1.54) is 22.8 Å². The molecular weight excluding hydrogens is 405 g/mol. The molecule has 0 unspecified atom stereocenters. The molecule has 0 radical (unpaired) electrons. The molecule has 3 nitrogen and oxygen atoms in total. The quantitative estimate of drug-likeness (QED) is 0.283. The number of pyridine rings is 1. The Morgan fingerprint density at radius 1 is 1.18 bits per heavy atom. The number of alkyl halides is 3. The highest BCUT2D eigenvalue weighted by molar-refractivity contribution is 8.02. The van der Waals surface area contributed by atoms with Gasteiger partial charge in [0, 0.05) is 5.56 Å². The van der Waals surface area contributed by atoms with Crippen molar-refractivity contribution in [2.75, 3.05) is 0 Å². The number of allylic oxidation sites excluding steroid dienone is 1. The predicted octanol–water partition coefficient (Wildman–Crippen LogP) is 6.19. The topological polar surface area (TPSA) is 53.8 Å². The summed E-state index contributed by atoms with van der Waals surface area (Å²) in [5.41, 5.74) is -1.02. The van der Waals surface area contributed by atoms with E-state index in [0.717, 1.165) is 17.8 Å². The minimum atomic E-state index is -4.70. The number of thiophene rings is 1. The average molecular weight is 416 g/mol. The third-order valence-corrected chi connectivity index (χ3v) is 5.32. The van der Waals surface area contributed by atoms with E-state index in [2.05, 4.69) is 4.98 Å². The Hall–Kier alpha value is -2.89. The Morgan fingerprint density at radius 2 is 1.93 bits per heavy atom. The summed E-state index contributed by atoms with van der Waals surface area (Å²) in [6, 6.07) is 14.3. The number of carbonyl (C=O) groups is 1. The van der Waals surface area contributed by atoms with Gasteiger partial charge in [0.05, 0.1) is 21.7 Å². The molecule has 3 aromatic rings. The molecular formula is C20H11F3N2OS2. The van der Waals surface area contributed by atoms with Crippen LogP contribution in [0.25, 0.3) is 10.6 Å². The SMILES string of the molecule is N#Cc1c(C(F)(F)F)cc(-c2cccs2)nc1S/C=C/C(=O)c1ccccc1. The molecule has 0 amide bonds. The van der Waals surface area contributed by atoms with E-state index in [1.54, 1.807) is 53.9 Å². The summed E-state index contributed by atoms with van der Waals surface area (Å²) in [6.45, 7) is 0. The van der Waals surface area contributed by atoms with Gasteiger partial charge in [-0.05, 0) is 29.0 Å². The van der Waals surface area contributed by atoms with Crippen molar-refractivity contribution in [1.82, 2.24) is 4.98 Å². The van der Waals surface area contributed by atoms with Gasteiger partial charge in [-0.15, -0.1) is 11.3 Å². The highest BCUT2D eigenvalue weighted by Crippen LogP contribution is 2.38. The number of rotatable bonds is 5. The molecule has 3 rings (SSSR count). The highest BCUT2D eigenvalue weighted by atomic mass is 32.2. The fourth-order valence-electron chi connectivity index (χ4n) is 2.35. The van der Waals surface area contributed by atoms with Gasteiger partial charge >= 0.3 is 6.18 Å². The zero-order chi connectivity index (χ0) is 20.1. The maximum absolute atomic E-state index is 13.5. The number of nitriles is 1. The molecule has 2 aromatic heterocycles. The van der Waals surface area contributed by atoms with E-state index in [4.69, 9.17) is 0 Å². The monoisotopic (exact) mass is 416 g/mol. The third-order valence-electron chi connectivity index (χ3n) is 3.63. The van der Waals surface area contributed by atoms with Gasteiger partial charge in [-0.2, -0.15) is 18.4 Å². The summed E-state index contributed by atoms with van der Waals surface area (Å²) in [7, 11) is 0. The van der Waals surface area contributed by atoms with Gasteiger partial charge in [-0.25, -0.2) is 4.98 Å². The molecule has 0 aliphatic rings. The van der Waals surface area contributed by atoms with Crippen LogP contribution in [0.4, 0.5) is 13.2 Å². The van der Waals surface area contributed by atoms with E-state index in [0.29, 0.717) is 10.4 Å². The minimum Gasteiger partial charge on any atom is -0.289 e. The van der Waals surface area contributed by atoms with Crippen molar-refractivity contribution in [3.8, 4) is 16.6 Å². The zero-order valence-corrected chi connectivity index (χ0v) is 15.7. The van der Waals surface area contributed by atoms with Crippen LogP contribution < -0.4 is 0 Å². The zero-order valence-electron chi connectivity index (χ0n) is 14.1. The number of ketones is 1. The maximum atomic E-state index is 13.5. The van der Waals surface area contributed by atoms with Crippen LogP contribution in [0.1, 0.15) is 21.5 Å². The molecule has 0 aliphatic carbocycles. The van der Waals surface area contributed by atoms with Crippen LogP contribution in [-0.2, 0) is 6.18 Å². The summed E-state index contributed by atoms with van der Waals surface area (Å²) in [5, 5.41) is 12.3. The van der Waals surface area contributed by atoms with E-state index < -0.39 is 17.3 Å². The molecule has 0 saturated heterocycles. The Bertz CT molecular complexity index is 1050. The standard InChI is InChI=1S/C20H11F3N2OS2/c21-20(22,23)15-11-16(18-7-4-9-27-18)25-19(14(15)12-24)28-10-8-17(26)13-5-2-1-3-6-13/h1-11H/b10-8+. The summed E-state index contributed by atoms with van der Waals surface area (Å²) in [4.78, 5) is 16.9. The number of nitrogens with zero attached hydrogens (tertiary/aromatic N) is 2. The van der Waals surface area contributed by atoms with Crippen molar-refractivity contribution in [2.45, 2.75) is 11.2 Å². The van der Waals surface area contributed by atoms with Gasteiger partial charge < -0.3 is 0 Å². The van der Waals surface area contributed by atoms with Crippen LogP contribution in [0.5, 0.6) is 0 Å². The van der Waals surface area contributed by atoms with Crippen molar-refractivity contribution < 1.29 is 18.0 Å². The number of halogens is 3. The molecule has 0 spiro atoms. The molecule has 1 aromatic carbocycles. The minimum absolute atomic E-state index is 0.0992. The van der Waals surface area contributed by atoms with Gasteiger partial charge in [0.1, 0.15) is 11.1 Å². The van der Waals surface area contributed by atoms with Crippen LogP contribution in [0.3, 0.4) is 0 Å². The molecule has 2 heterocycles. The number of benzene rings is 1. The smallest absolute Gasteiger partial charge is 0.289 e. The first-order chi connectivity index (χ1) is 13.4. The van der Waals surface area contributed by atoms with Crippen molar-refractivity contribution in [3.63, 3.8) is 0 Å². The summed E-state index contributed by atoms with van der Waals surface area (Å²) < 4.78 is 40.4. The first-order valence-corrected chi connectivity index (χ1v) is 9.65. The number of aromatic nitrogens is 1. The Morgan fingerprint density at radius 3 is 2.54 bits per heavy atom. The number of carbonyl (C=O) groups excluding carboxylic acids is 1. The molecule has 28 heavy (non-hydrogen) atoms. The van der Waals surface area contributed by atoms with Crippen LogP contribution in [0.2, 0.25) is 0 Å².